The molecule has 1 unspecified atom stereocenters. The van der Waals surface area contributed by atoms with Crippen molar-refractivity contribution in [2.24, 2.45) is 5.92 Å². The molecule has 0 heteroatoms. The van der Waals surface area contributed by atoms with Crippen LogP contribution in [0, 0.1) is 5.92 Å². The zero-order valence-electron chi connectivity index (χ0n) is 13.2. The number of rotatable bonds is 3. The van der Waals surface area contributed by atoms with E-state index in [1.807, 2.05) is 6.08 Å². The van der Waals surface area contributed by atoms with Crippen LogP contribution < -0.4 is 0 Å². The van der Waals surface area contributed by atoms with Crippen molar-refractivity contribution < 1.29 is 0 Å². The predicted octanol–water partition coefficient (Wildman–Crippen LogP) is 5.60. The second kappa shape index (κ2) is 5.81. The molecule has 0 radical (unpaired) electrons. The fourth-order valence-corrected chi connectivity index (χ4v) is 3.27. The Hall–Kier alpha value is -2.34. The molecule has 0 fully saturated rings. The van der Waals surface area contributed by atoms with Crippen LogP contribution in [0.1, 0.15) is 23.6 Å². The van der Waals surface area contributed by atoms with Crippen LogP contribution in [-0.2, 0) is 12.8 Å². The Balaban J connectivity index is 1.91. The van der Waals surface area contributed by atoms with Gasteiger partial charge in [-0.2, -0.15) is 0 Å². The molecule has 3 rings (SSSR count). The highest BCUT2D eigenvalue weighted by molar-refractivity contribution is 5.83. The molecule has 0 spiro atoms. The molecule has 1 aromatic carbocycles. The Morgan fingerprint density at radius 1 is 1.23 bits per heavy atom. The highest BCUT2D eigenvalue weighted by Crippen LogP contribution is 2.38. The van der Waals surface area contributed by atoms with E-state index >= 15 is 0 Å². The van der Waals surface area contributed by atoms with Crippen molar-refractivity contribution >= 4 is 5.57 Å². The first-order valence-electron chi connectivity index (χ1n) is 7.76. The van der Waals surface area contributed by atoms with Gasteiger partial charge in [-0.1, -0.05) is 73.9 Å². The summed E-state index contributed by atoms with van der Waals surface area (Å²) in [4.78, 5) is 0. The molecule has 0 bridgehead atoms. The lowest BCUT2D eigenvalue weighted by molar-refractivity contribution is 0.933. The Bertz CT molecular complexity index is 750. The Morgan fingerprint density at radius 3 is 2.77 bits per heavy atom. The third kappa shape index (κ3) is 2.69. The Kier molecular flexibility index (Phi) is 3.85. The molecule has 2 aliphatic rings. The number of hydrogen-bond donors (Lipinski definition) is 0. The van der Waals surface area contributed by atoms with E-state index in [1.165, 1.54) is 27.8 Å². The first-order chi connectivity index (χ1) is 10.6. The standard InChI is InChI=1S/C22H22/c1-15(2)13-18-9-11-21-17(4)22(12-10-19(21)14-18)20-8-6-5-7-16(20)3/h5-9,11-12,14,20H,1,3-4,10,13H2,2H3. The highest BCUT2D eigenvalue weighted by Gasteiger charge is 2.22. The van der Waals surface area contributed by atoms with Gasteiger partial charge in [0.25, 0.3) is 0 Å². The minimum atomic E-state index is 0.265. The molecule has 22 heavy (non-hydrogen) atoms. The predicted molar refractivity (Wildman–Crippen MR) is 96.7 cm³/mol. The minimum absolute atomic E-state index is 0.265. The number of fused-ring (bicyclic) bond motifs is 1. The van der Waals surface area contributed by atoms with E-state index in [1.54, 1.807) is 0 Å². The number of allylic oxidation sites excluding steroid dienone is 9. The molecular formula is C22H22. The van der Waals surface area contributed by atoms with Crippen LogP contribution in [0.5, 0.6) is 0 Å². The number of hydrogen-bond acceptors (Lipinski definition) is 0. The van der Waals surface area contributed by atoms with Crippen LogP contribution in [0.4, 0.5) is 0 Å². The third-order valence-corrected chi connectivity index (χ3v) is 4.35. The summed E-state index contributed by atoms with van der Waals surface area (Å²) in [6.07, 6.45) is 12.7. The molecule has 0 amide bonds. The van der Waals surface area contributed by atoms with Crippen molar-refractivity contribution in [2.45, 2.75) is 19.8 Å². The van der Waals surface area contributed by atoms with Crippen molar-refractivity contribution in [3.63, 3.8) is 0 Å². The summed E-state index contributed by atoms with van der Waals surface area (Å²) in [7, 11) is 0. The maximum Gasteiger partial charge on any atom is 0.0269 e. The summed E-state index contributed by atoms with van der Waals surface area (Å²) >= 11 is 0. The monoisotopic (exact) mass is 286 g/mol. The van der Waals surface area contributed by atoms with E-state index in [4.69, 9.17) is 0 Å². The summed E-state index contributed by atoms with van der Waals surface area (Å²) < 4.78 is 0. The second-order valence-corrected chi connectivity index (χ2v) is 6.26. The first-order valence-corrected chi connectivity index (χ1v) is 7.76. The van der Waals surface area contributed by atoms with Gasteiger partial charge in [-0.3, -0.25) is 0 Å². The van der Waals surface area contributed by atoms with Gasteiger partial charge in [0.1, 0.15) is 0 Å². The molecule has 0 aromatic heterocycles. The summed E-state index contributed by atoms with van der Waals surface area (Å²) in [5.41, 5.74) is 8.74. The molecule has 0 saturated carbocycles. The molecule has 0 aliphatic heterocycles. The summed E-state index contributed by atoms with van der Waals surface area (Å²) in [6.45, 7) is 14.6. The van der Waals surface area contributed by atoms with E-state index in [0.717, 1.165) is 24.0 Å². The van der Waals surface area contributed by atoms with Gasteiger partial charge in [0, 0.05) is 5.92 Å². The molecular weight excluding hydrogens is 264 g/mol. The molecule has 1 atom stereocenters. The van der Waals surface area contributed by atoms with Crippen molar-refractivity contribution in [1.29, 1.82) is 0 Å². The molecule has 0 N–H and O–H groups in total. The molecule has 110 valence electrons. The molecule has 0 saturated heterocycles. The van der Waals surface area contributed by atoms with Gasteiger partial charge in [0.05, 0.1) is 0 Å². The van der Waals surface area contributed by atoms with Gasteiger partial charge in [-0.25, -0.2) is 0 Å². The van der Waals surface area contributed by atoms with E-state index in [0.29, 0.717) is 0 Å². The highest BCUT2D eigenvalue weighted by atomic mass is 14.3. The largest absolute Gasteiger partial charge is 0.0998 e. The maximum atomic E-state index is 4.35. The molecule has 0 heterocycles. The Labute approximate surface area is 133 Å². The average molecular weight is 286 g/mol. The fraction of sp³-hybridized carbons (Fsp3) is 0.182. The topological polar surface area (TPSA) is 0 Å². The SMILES string of the molecule is C=C(C)Cc1ccc2c(c1)CC=C(C1C=CC=CC1=C)C2=C. The lowest BCUT2D eigenvalue weighted by Gasteiger charge is -2.27. The van der Waals surface area contributed by atoms with Crippen LogP contribution in [0.2, 0.25) is 0 Å². The van der Waals surface area contributed by atoms with Crippen molar-refractivity contribution in [3.8, 4) is 0 Å². The van der Waals surface area contributed by atoms with Gasteiger partial charge >= 0.3 is 0 Å². The summed E-state index contributed by atoms with van der Waals surface area (Å²) in [5, 5.41) is 0. The minimum Gasteiger partial charge on any atom is -0.0998 e. The molecule has 2 aliphatic carbocycles. The van der Waals surface area contributed by atoms with Crippen LogP contribution in [0.3, 0.4) is 0 Å². The van der Waals surface area contributed by atoms with Gasteiger partial charge in [0.2, 0.25) is 0 Å². The third-order valence-electron chi connectivity index (χ3n) is 4.35. The van der Waals surface area contributed by atoms with E-state index in [-0.39, 0.29) is 5.92 Å². The fourth-order valence-electron chi connectivity index (χ4n) is 3.27. The zero-order valence-corrected chi connectivity index (χ0v) is 13.2. The van der Waals surface area contributed by atoms with Crippen molar-refractivity contribution in [3.05, 3.63) is 102 Å². The van der Waals surface area contributed by atoms with Crippen LogP contribution in [-0.4, -0.2) is 0 Å². The lowest BCUT2D eigenvalue weighted by atomic mass is 9.77. The summed E-state index contributed by atoms with van der Waals surface area (Å²) in [5.74, 6) is 0.265. The van der Waals surface area contributed by atoms with E-state index in [9.17, 15) is 0 Å². The first kappa shape index (κ1) is 14.6. The second-order valence-electron chi connectivity index (χ2n) is 6.26. The number of benzene rings is 1. The van der Waals surface area contributed by atoms with Crippen LogP contribution >= 0.6 is 0 Å². The van der Waals surface area contributed by atoms with Gasteiger partial charge in [-0.15, -0.1) is 0 Å². The summed E-state index contributed by atoms with van der Waals surface area (Å²) in [6, 6.07) is 6.72. The van der Waals surface area contributed by atoms with E-state index < -0.39 is 0 Å². The molecule has 1 aromatic rings. The zero-order chi connectivity index (χ0) is 15.7. The van der Waals surface area contributed by atoms with Crippen molar-refractivity contribution in [2.75, 3.05) is 0 Å². The lowest BCUT2D eigenvalue weighted by Crippen LogP contribution is -2.11. The van der Waals surface area contributed by atoms with Crippen LogP contribution in [0.25, 0.3) is 5.57 Å². The normalized spacial score (nSPS) is 19.9. The van der Waals surface area contributed by atoms with Gasteiger partial charge < -0.3 is 0 Å². The Morgan fingerprint density at radius 2 is 2.05 bits per heavy atom. The van der Waals surface area contributed by atoms with Gasteiger partial charge in [-0.05, 0) is 53.2 Å². The van der Waals surface area contributed by atoms with E-state index in [2.05, 4.69) is 69.2 Å². The van der Waals surface area contributed by atoms with Gasteiger partial charge in [0.15, 0.2) is 0 Å². The maximum absolute atomic E-state index is 4.35. The van der Waals surface area contributed by atoms with Crippen LogP contribution in [0.15, 0.2) is 85.0 Å². The molecule has 0 nitrogen and oxygen atoms in total. The quantitative estimate of drug-likeness (QED) is 0.634. The smallest absolute Gasteiger partial charge is 0.0269 e. The average Bonchev–Trinajstić information content (AvgIpc) is 2.48. The van der Waals surface area contributed by atoms with Crippen molar-refractivity contribution in [1.82, 2.24) is 0 Å².